The molecule has 148 valence electrons. The Kier molecular flexibility index (Phi) is 5.50. The quantitative estimate of drug-likeness (QED) is 0.831. The minimum Gasteiger partial charge on any atom is -0.371 e. The van der Waals surface area contributed by atoms with Crippen molar-refractivity contribution >= 4 is 11.7 Å². The van der Waals surface area contributed by atoms with Crippen molar-refractivity contribution in [2.24, 2.45) is 0 Å². The maximum Gasteiger partial charge on any atom is 0.253 e. The number of piperazine rings is 1. The number of aromatic nitrogens is 2. The predicted molar refractivity (Wildman–Crippen MR) is 106 cm³/mol. The Balaban J connectivity index is 1.46. The molecule has 0 radical (unpaired) electrons. The topological polar surface area (TPSA) is 73.4 Å². The third-order valence-corrected chi connectivity index (χ3v) is 5.50. The summed E-state index contributed by atoms with van der Waals surface area (Å²) >= 11 is 0. The van der Waals surface area contributed by atoms with Crippen LogP contribution in [0.4, 0.5) is 10.2 Å². The van der Waals surface area contributed by atoms with Gasteiger partial charge in [0.15, 0.2) is 17.5 Å². The van der Waals surface area contributed by atoms with Crippen LogP contribution >= 0.6 is 0 Å². The average Bonchev–Trinajstić information content (AvgIpc) is 3.29. The van der Waals surface area contributed by atoms with E-state index in [1.54, 1.807) is 13.1 Å². The van der Waals surface area contributed by atoms with E-state index >= 15 is 0 Å². The third kappa shape index (κ3) is 3.83. The van der Waals surface area contributed by atoms with Crippen LogP contribution in [0.2, 0.25) is 0 Å². The van der Waals surface area contributed by atoms with Gasteiger partial charge in [-0.1, -0.05) is 12.1 Å². The highest BCUT2D eigenvalue weighted by molar-refractivity contribution is 5.95. The van der Waals surface area contributed by atoms with Crippen LogP contribution in [-0.4, -0.2) is 78.0 Å². The van der Waals surface area contributed by atoms with Crippen LogP contribution in [0.1, 0.15) is 16.8 Å². The molecular formula is C20H25FN6O. The Morgan fingerprint density at radius 2 is 2.11 bits per heavy atom. The first kappa shape index (κ1) is 18.8. The second-order valence-corrected chi connectivity index (χ2v) is 7.20. The maximum atomic E-state index is 13.6. The molecule has 2 N–H and O–H groups in total. The Labute approximate surface area is 164 Å². The first-order chi connectivity index (χ1) is 13.7. The number of benzene rings is 1. The summed E-state index contributed by atoms with van der Waals surface area (Å²) in [5.74, 6) is 0.0361. The summed E-state index contributed by atoms with van der Waals surface area (Å²) in [7, 11) is 1.61. The van der Waals surface area contributed by atoms with E-state index in [1.807, 2.05) is 23.1 Å². The molecule has 4 rings (SSSR count). The van der Waals surface area contributed by atoms with Gasteiger partial charge in [0.05, 0.1) is 6.20 Å². The van der Waals surface area contributed by atoms with Gasteiger partial charge in [0.25, 0.3) is 5.91 Å². The number of carbonyl (C=O) groups is 1. The number of hydrogen-bond acceptors (Lipinski definition) is 6. The highest BCUT2D eigenvalue weighted by atomic mass is 19.1. The number of anilines is 1. The second-order valence-electron chi connectivity index (χ2n) is 7.20. The van der Waals surface area contributed by atoms with E-state index in [0.29, 0.717) is 23.0 Å². The zero-order chi connectivity index (χ0) is 19.5. The summed E-state index contributed by atoms with van der Waals surface area (Å²) in [5.41, 5.74) is 1.30. The fourth-order valence-corrected chi connectivity index (χ4v) is 3.90. The Hall–Kier alpha value is -2.58. The molecule has 2 aliphatic heterocycles. The summed E-state index contributed by atoms with van der Waals surface area (Å²) in [6.45, 7) is 5.40. The second kappa shape index (κ2) is 8.20. The summed E-state index contributed by atoms with van der Waals surface area (Å²) < 4.78 is 13.6. The molecule has 1 aromatic carbocycles. The monoisotopic (exact) mass is 384 g/mol. The van der Waals surface area contributed by atoms with Gasteiger partial charge in [-0.25, -0.2) is 14.4 Å². The molecule has 1 amide bonds. The van der Waals surface area contributed by atoms with Crippen LogP contribution in [0.3, 0.4) is 0 Å². The van der Waals surface area contributed by atoms with Gasteiger partial charge in [-0.2, -0.15) is 0 Å². The highest BCUT2D eigenvalue weighted by Crippen LogP contribution is 2.21. The van der Waals surface area contributed by atoms with Crippen molar-refractivity contribution in [3.8, 4) is 11.4 Å². The van der Waals surface area contributed by atoms with Crippen LogP contribution in [0.25, 0.3) is 11.4 Å². The van der Waals surface area contributed by atoms with Crippen LogP contribution in [0, 0.1) is 5.82 Å². The fourth-order valence-electron chi connectivity index (χ4n) is 3.90. The third-order valence-electron chi connectivity index (χ3n) is 5.50. The molecule has 0 saturated carbocycles. The molecule has 0 unspecified atom stereocenters. The van der Waals surface area contributed by atoms with E-state index in [2.05, 4.69) is 25.5 Å². The molecule has 1 aromatic heterocycles. The number of nitrogens with one attached hydrogen (secondary N) is 2. The van der Waals surface area contributed by atoms with E-state index in [4.69, 9.17) is 0 Å². The SMILES string of the molecule is CNc1nc(-c2cccc(C(=O)N3CCN([C@H]4CCNC4)CC3)c2)ncc1F. The average molecular weight is 384 g/mol. The van der Waals surface area contributed by atoms with Crippen molar-refractivity contribution in [3.63, 3.8) is 0 Å². The molecule has 0 spiro atoms. The molecule has 2 fully saturated rings. The predicted octanol–water partition coefficient (Wildman–Crippen LogP) is 1.44. The maximum absolute atomic E-state index is 13.6. The molecule has 2 saturated heterocycles. The van der Waals surface area contributed by atoms with Gasteiger partial charge in [-0.15, -0.1) is 0 Å². The molecule has 1 atom stereocenters. The van der Waals surface area contributed by atoms with Crippen molar-refractivity contribution in [1.82, 2.24) is 25.1 Å². The zero-order valence-corrected chi connectivity index (χ0v) is 16.0. The summed E-state index contributed by atoms with van der Waals surface area (Å²) in [4.78, 5) is 25.6. The molecule has 0 aliphatic carbocycles. The molecule has 2 aliphatic rings. The van der Waals surface area contributed by atoms with E-state index in [0.717, 1.165) is 45.5 Å². The first-order valence-electron chi connectivity index (χ1n) is 9.70. The van der Waals surface area contributed by atoms with E-state index in [-0.39, 0.29) is 11.7 Å². The molecule has 3 heterocycles. The van der Waals surface area contributed by atoms with Crippen molar-refractivity contribution in [2.75, 3.05) is 51.6 Å². The largest absolute Gasteiger partial charge is 0.371 e. The van der Waals surface area contributed by atoms with E-state index in [9.17, 15) is 9.18 Å². The summed E-state index contributed by atoms with van der Waals surface area (Å²) in [5, 5.41) is 6.11. The Morgan fingerprint density at radius 3 is 2.82 bits per heavy atom. The fraction of sp³-hybridized carbons (Fsp3) is 0.450. The zero-order valence-electron chi connectivity index (χ0n) is 16.0. The lowest BCUT2D eigenvalue weighted by atomic mass is 10.1. The number of carbonyl (C=O) groups excluding carboxylic acids is 1. The van der Waals surface area contributed by atoms with Crippen LogP contribution < -0.4 is 10.6 Å². The van der Waals surface area contributed by atoms with Crippen molar-refractivity contribution in [2.45, 2.75) is 12.5 Å². The number of halogens is 1. The molecule has 8 heteroatoms. The van der Waals surface area contributed by atoms with E-state index < -0.39 is 5.82 Å². The molecule has 28 heavy (non-hydrogen) atoms. The van der Waals surface area contributed by atoms with Gasteiger partial charge >= 0.3 is 0 Å². The van der Waals surface area contributed by atoms with Gasteiger partial charge in [0.2, 0.25) is 0 Å². The lowest BCUT2D eigenvalue weighted by molar-refractivity contribution is 0.0584. The Bertz CT molecular complexity index is 846. The molecule has 2 aromatic rings. The number of hydrogen-bond donors (Lipinski definition) is 2. The normalized spacial score (nSPS) is 20.4. The van der Waals surface area contributed by atoms with Gasteiger partial charge in [0, 0.05) is 56.9 Å². The van der Waals surface area contributed by atoms with Gasteiger partial charge in [0.1, 0.15) is 0 Å². The van der Waals surface area contributed by atoms with Crippen LogP contribution in [-0.2, 0) is 0 Å². The highest BCUT2D eigenvalue weighted by Gasteiger charge is 2.28. The van der Waals surface area contributed by atoms with Crippen molar-refractivity contribution in [1.29, 1.82) is 0 Å². The molecule has 7 nitrogen and oxygen atoms in total. The van der Waals surface area contributed by atoms with Gasteiger partial charge in [-0.3, -0.25) is 9.69 Å². The lowest BCUT2D eigenvalue weighted by Crippen LogP contribution is -2.52. The number of amides is 1. The summed E-state index contributed by atoms with van der Waals surface area (Å²) in [6.07, 6.45) is 2.32. The van der Waals surface area contributed by atoms with Crippen molar-refractivity contribution < 1.29 is 9.18 Å². The van der Waals surface area contributed by atoms with Crippen LogP contribution in [0.5, 0.6) is 0 Å². The lowest BCUT2D eigenvalue weighted by Gasteiger charge is -2.37. The molecular weight excluding hydrogens is 359 g/mol. The van der Waals surface area contributed by atoms with Crippen molar-refractivity contribution in [3.05, 3.63) is 41.8 Å². The number of nitrogens with zero attached hydrogens (tertiary/aromatic N) is 4. The Morgan fingerprint density at radius 1 is 1.29 bits per heavy atom. The van der Waals surface area contributed by atoms with Gasteiger partial charge < -0.3 is 15.5 Å². The van der Waals surface area contributed by atoms with Crippen LogP contribution in [0.15, 0.2) is 30.5 Å². The summed E-state index contributed by atoms with van der Waals surface area (Å²) in [6, 6.07) is 7.82. The van der Waals surface area contributed by atoms with Gasteiger partial charge in [-0.05, 0) is 25.1 Å². The minimum atomic E-state index is -0.506. The molecule has 0 bridgehead atoms. The number of rotatable bonds is 4. The van der Waals surface area contributed by atoms with E-state index in [1.165, 1.54) is 6.42 Å². The standard InChI is InChI=1S/C20H25FN6O/c1-22-19-17(21)13-24-18(25-19)14-3-2-4-15(11-14)20(28)27-9-7-26(8-10-27)16-5-6-23-12-16/h2-4,11,13,16,23H,5-10,12H2,1H3,(H,22,24,25)/t16-/m0/s1. The minimum absolute atomic E-state index is 0.0157. The smallest absolute Gasteiger partial charge is 0.253 e. The first-order valence-corrected chi connectivity index (χ1v) is 9.70.